The molecule has 1 amide bonds. The Morgan fingerprint density at radius 2 is 1.91 bits per heavy atom. The van der Waals surface area contributed by atoms with Gasteiger partial charge in [-0.2, -0.15) is 0 Å². The van der Waals surface area contributed by atoms with E-state index in [-0.39, 0.29) is 24.6 Å². The van der Waals surface area contributed by atoms with Crippen LogP contribution in [0.15, 0.2) is 45.2 Å². The first-order chi connectivity index (χ1) is 11.0. The molecule has 3 aromatic rings. The number of aromatic carboxylic acids is 1. The number of fused-ring (bicyclic) bond motifs is 1. The van der Waals surface area contributed by atoms with Crippen LogP contribution >= 0.6 is 0 Å². The van der Waals surface area contributed by atoms with E-state index in [1.54, 1.807) is 43.3 Å². The van der Waals surface area contributed by atoms with E-state index in [2.05, 4.69) is 5.32 Å². The van der Waals surface area contributed by atoms with Crippen molar-refractivity contribution in [2.45, 2.75) is 19.9 Å². The highest BCUT2D eigenvalue weighted by atomic mass is 16.4. The number of rotatable bonds is 5. The quantitative estimate of drug-likeness (QED) is 0.755. The van der Waals surface area contributed by atoms with E-state index < -0.39 is 5.97 Å². The van der Waals surface area contributed by atoms with Gasteiger partial charge in [0.15, 0.2) is 0 Å². The summed E-state index contributed by atoms with van der Waals surface area (Å²) < 4.78 is 10.7. The molecule has 1 aromatic carbocycles. The zero-order valence-electron chi connectivity index (χ0n) is 12.5. The minimum atomic E-state index is -1.16. The molecule has 118 valence electrons. The molecule has 0 unspecified atom stereocenters. The highest BCUT2D eigenvalue weighted by Gasteiger charge is 2.20. The van der Waals surface area contributed by atoms with Gasteiger partial charge in [-0.25, -0.2) is 4.79 Å². The van der Waals surface area contributed by atoms with Crippen LogP contribution in [0.5, 0.6) is 0 Å². The van der Waals surface area contributed by atoms with Gasteiger partial charge in [0.1, 0.15) is 17.1 Å². The number of aryl methyl sites for hydroxylation is 1. The molecule has 2 N–H and O–H groups in total. The Balaban J connectivity index is 1.77. The fourth-order valence-corrected chi connectivity index (χ4v) is 2.43. The molecule has 0 saturated carbocycles. The average molecular weight is 313 g/mol. The van der Waals surface area contributed by atoms with Crippen molar-refractivity contribution in [1.82, 2.24) is 5.32 Å². The molecule has 0 aliphatic rings. The summed E-state index contributed by atoms with van der Waals surface area (Å²) in [6.07, 6.45) is 0.103. The number of nitrogens with one attached hydrogen (secondary N) is 1. The largest absolute Gasteiger partial charge is 0.475 e. The van der Waals surface area contributed by atoms with Gasteiger partial charge in [0.05, 0.1) is 6.42 Å². The summed E-state index contributed by atoms with van der Waals surface area (Å²) in [7, 11) is 0. The summed E-state index contributed by atoms with van der Waals surface area (Å²) in [5, 5.41) is 12.6. The molecular formula is C17H15NO5. The lowest BCUT2D eigenvalue weighted by molar-refractivity contribution is -0.120. The molecular weight excluding hydrogens is 298 g/mol. The fraction of sp³-hybridized carbons (Fsp3) is 0.176. The number of hydrogen-bond acceptors (Lipinski definition) is 4. The van der Waals surface area contributed by atoms with E-state index in [0.717, 1.165) is 5.76 Å². The maximum Gasteiger partial charge on any atom is 0.372 e. The van der Waals surface area contributed by atoms with Crippen molar-refractivity contribution in [2.75, 3.05) is 0 Å². The topological polar surface area (TPSA) is 92.7 Å². The molecule has 0 radical (unpaired) electrons. The Morgan fingerprint density at radius 3 is 2.61 bits per heavy atom. The highest BCUT2D eigenvalue weighted by molar-refractivity contribution is 5.95. The molecule has 6 nitrogen and oxygen atoms in total. The Kier molecular flexibility index (Phi) is 3.89. The maximum atomic E-state index is 12.0. The van der Waals surface area contributed by atoms with Crippen molar-refractivity contribution in [3.8, 4) is 0 Å². The summed E-state index contributed by atoms with van der Waals surface area (Å²) >= 11 is 0. The van der Waals surface area contributed by atoms with Crippen molar-refractivity contribution in [3.05, 3.63) is 59.2 Å². The summed E-state index contributed by atoms with van der Waals surface area (Å²) in [6.45, 7) is 1.88. The van der Waals surface area contributed by atoms with E-state index in [0.29, 0.717) is 22.3 Å². The third-order valence-corrected chi connectivity index (χ3v) is 3.49. The van der Waals surface area contributed by atoms with Crippen LogP contribution in [-0.2, 0) is 17.8 Å². The van der Waals surface area contributed by atoms with Gasteiger partial charge in [-0.3, -0.25) is 4.79 Å². The van der Waals surface area contributed by atoms with Gasteiger partial charge in [0, 0.05) is 17.5 Å². The molecule has 6 heteroatoms. The number of benzene rings is 1. The van der Waals surface area contributed by atoms with E-state index in [1.165, 1.54) is 0 Å². The summed E-state index contributed by atoms with van der Waals surface area (Å²) in [4.78, 5) is 23.3. The maximum absolute atomic E-state index is 12.0. The van der Waals surface area contributed by atoms with E-state index in [9.17, 15) is 14.7 Å². The van der Waals surface area contributed by atoms with Crippen LogP contribution in [0.4, 0.5) is 0 Å². The van der Waals surface area contributed by atoms with Crippen LogP contribution in [0.2, 0.25) is 0 Å². The lowest BCUT2D eigenvalue weighted by atomic mass is 10.1. The van der Waals surface area contributed by atoms with Crippen LogP contribution in [0.25, 0.3) is 11.0 Å². The number of carboxylic acids is 1. The van der Waals surface area contributed by atoms with Crippen molar-refractivity contribution in [2.24, 2.45) is 0 Å². The second-order valence-corrected chi connectivity index (χ2v) is 5.18. The lowest BCUT2D eigenvalue weighted by Gasteiger charge is -2.04. The molecule has 23 heavy (non-hydrogen) atoms. The number of furan rings is 2. The van der Waals surface area contributed by atoms with Crippen LogP contribution in [-0.4, -0.2) is 17.0 Å². The summed E-state index contributed by atoms with van der Waals surface area (Å²) in [6, 6.07) is 10.5. The van der Waals surface area contributed by atoms with E-state index in [4.69, 9.17) is 8.83 Å². The van der Waals surface area contributed by atoms with Crippen molar-refractivity contribution in [1.29, 1.82) is 0 Å². The van der Waals surface area contributed by atoms with Gasteiger partial charge in [0.2, 0.25) is 11.7 Å². The summed E-state index contributed by atoms with van der Waals surface area (Å²) in [5.74, 6) is -0.259. The molecule has 2 heterocycles. The van der Waals surface area contributed by atoms with Gasteiger partial charge < -0.3 is 19.3 Å². The van der Waals surface area contributed by atoms with E-state index in [1.807, 2.05) is 0 Å². The first kappa shape index (κ1) is 14.9. The third-order valence-electron chi connectivity index (χ3n) is 3.49. The van der Waals surface area contributed by atoms with Crippen molar-refractivity contribution < 1.29 is 23.5 Å². The van der Waals surface area contributed by atoms with Gasteiger partial charge in [-0.15, -0.1) is 0 Å². The monoisotopic (exact) mass is 313 g/mol. The lowest BCUT2D eigenvalue weighted by Crippen LogP contribution is -2.25. The second-order valence-electron chi connectivity index (χ2n) is 5.18. The van der Waals surface area contributed by atoms with Crippen LogP contribution in [0.3, 0.4) is 0 Å². The number of carbonyl (C=O) groups excluding carboxylic acids is 1. The molecule has 0 aliphatic heterocycles. The minimum absolute atomic E-state index is 0.0805. The first-order valence-electron chi connectivity index (χ1n) is 7.10. The third kappa shape index (κ3) is 3.11. The number of amides is 1. The molecule has 0 fully saturated rings. The Labute approximate surface area is 131 Å². The number of hydrogen-bond donors (Lipinski definition) is 2. The Hall–Kier alpha value is -3.02. The standard InChI is InChI=1S/C17H15NO5/c1-10-6-7-11(22-10)8-15(19)18-9-13-12-4-2-3-5-14(12)23-16(13)17(20)21/h2-7H,8-9H2,1H3,(H,18,19)(H,20,21). The molecule has 0 saturated heterocycles. The van der Waals surface area contributed by atoms with Gasteiger partial charge in [0.25, 0.3) is 0 Å². The molecule has 0 bridgehead atoms. The Bertz CT molecular complexity index is 874. The van der Waals surface area contributed by atoms with Crippen molar-refractivity contribution >= 4 is 22.8 Å². The Morgan fingerprint density at radius 1 is 1.13 bits per heavy atom. The second kappa shape index (κ2) is 6.00. The summed E-state index contributed by atoms with van der Waals surface area (Å²) in [5.41, 5.74) is 0.938. The average Bonchev–Trinajstić information content (AvgIpc) is 3.08. The molecule has 2 aromatic heterocycles. The normalized spacial score (nSPS) is 10.8. The van der Waals surface area contributed by atoms with Gasteiger partial charge in [-0.1, -0.05) is 18.2 Å². The zero-order valence-corrected chi connectivity index (χ0v) is 12.5. The van der Waals surface area contributed by atoms with Crippen LogP contribution in [0, 0.1) is 6.92 Å². The number of carbonyl (C=O) groups is 2. The van der Waals surface area contributed by atoms with Gasteiger partial charge >= 0.3 is 5.97 Å². The first-order valence-corrected chi connectivity index (χ1v) is 7.10. The van der Waals surface area contributed by atoms with Gasteiger partial charge in [-0.05, 0) is 25.1 Å². The van der Waals surface area contributed by atoms with Crippen LogP contribution in [0.1, 0.15) is 27.6 Å². The predicted molar refractivity (Wildman–Crippen MR) is 82.2 cm³/mol. The number of carboxylic acid groups (broad SMARTS) is 1. The van der Waals surface area contributed by atoms with Crippen molar-refractivity contribution in [3.63, 3.8) is 0 Å². The highest BCUT2D eigenvalue weighted by Crippen LogP contribution is 2.25. The van der Waals surface area contributed by atoms with Crippen LogP contribution < -0.4 is 5.32 Å². The zero-order chi connectivity index (χ0) is 16.4. The predicted octanol–water partition coefficient (Wildman–Crippen LogP) is 2.89. The van der Waals surface area contributed by atoms with E-state index >= 15 is 0 Å². The number of para-hydroxylation sites is 1. The minimum Gasteiger partial charge on any atom is -0.475 e. The smallest absolute Gasteiger partial charge is 0.372 e. The molecule has 0 aliphatic carbocycles. The SMILES string of the molecule is Cc1ccc(CC(=O)NCc2c(C(=O)O)oc3ccccc23)o1. The molecule has 0 atom stereocenters. The fourth-order valence-electron chi connectivity index (χ4n) is 2.43. The molecule has 0 spiro atoms. The molecule has 3 rings (SSSR count).